The first-order valence-electron chi connectivity index (χ1n) is 5.29. The number of nitrogens with zero attached hydrogens (tertiary/aromatic N) is 1. The number of fused-ring (bicyclic) bond motifs is 1. The van der Waals surface area contributed by atoms with Crippen molar-refractivity contribution in [3.63, 3.8) is 0 Å². The Morgan fingerprint density at radius 1 is 1.22 bits per heavy atom. The predicted molar refractivity (Wildman–Crippen MR) is 76.1 cm³/mol. The van der Waals surface area contributed by atoms with Gasteiger partial charge in [-0.3, -0.25) is 0 Å². The van der Waals surface area contributed by atoms with E-state index in [2.05, 4.69) is 4.98 Å². The van der Waals surface area contributed by atoms with Crippen molar-refractivity contribution in [2.45, 2.75) is 0 Å². The number of thiazole rings is 1. The second kappa shape index (κ2) is 4.15. The molecule has 0 radical (unpaired) electrons. The van der Waals surface area contributed by atoms with E-state index >= 15 is 0 Å². The molecule has 0 aliphatic rings. The van der Waals surface area contributed by atoms with Crippen LogP contribution in [0.15, 0.2) is 36.4 Å². The van der Waals surface area contributed by atoms with Crippen LogP contribution in [0.25, 0.3) is 20.8 Å². The highest BCUT2D eigenvalue weighted by atomic mass is 35.5. The number of halogens is 1. The van der Waals surface area contributed by atoms with E-state index in [4.69, 9.17) is 17.3 Å². The highest BCUT2D eigenvalue weighted by Crippen LogP contribution is 2.38. The van der Waals surface area contributed by atoms with Crippen LogP contribution in [0.4, 0.5) is 5.69 Å². The van der Waals surface area contributed by atoms with Gasteiger partial charge in [0.05, 0.1) is 21.5 Å². The van der Waals surface area contributed by atoms with Crippen LogP contribution in [-0.2, 0) is 0 Å². The number of nitrogen functional groups attached to an aromatic ring is 1. The SMILES string of the molecule is Nc1cccc(-c2nc3ccc(Cl)cc3s2)c1O. The van der Waals surface area contributed by atoms with Gasteiger partial charge in [0.15, 0.2) is 0 Å². The summed E-state index contributed by atoms with van der Waals surface area (Å²) in [7, 11) is 0. The summed E-state index contributed by atoms with van der Waals surface area (Å²) >= 11 is 7.42. The summed E-state index contributed by atoms with van der Waals surface area (Å²) in [6.45, 7) is 0. The lowest BCUT2D eigenvalue weighted by Crippen LogP contribution is -1.87. The van der Waals surface area contributed by atoms with Gasteiger partial charge in [-0.25, -0.2) is 4.98 Å². The molecule has 0 bridgehead atoms. The Hall–Kier alpha value is -1.78. The largest absolute Gasteiger partial charge is 0.505 e. The summed E-state index contributed by atoms with van der Waals surface area (Å²) in [6.07, 6.45) is 0. The van der Waals surface area contributed by atoms with Crippen LogP contribution >= 0.6 is 22.9 Å². The van der Waals surface area contributed by atoms with Crippen molar-refractivity contribution < 1.29 is 5.11 Å². The number of hydrogen-bond acceptors (Lipinski definition) is 4. The van der Waals surface area contributed by atoms with Crippen molar-refractivity contribution in [1.29, 1.82) is 0 Å². The van der Waals surface area contributed by atoms with Crippen LogP contribution in [0, 0.1) is 0 Å². The van der Waals surface area contributed by atoms with Crippen molar-refractivity contribution in [3.05, 3.63) is 41.4 Å². The van der Waals surface area contributed by atoms with E-state index in [0.29, 0.717) is 16.3 Å². The van der Waals surface area contributed by atoms with Crippen LogP contribution < -0.4 is 5.73 Å². The number of aromatic nitrogens is 1. The second-order valence-electron chi connectivity index (χ2n) is 3.87. The molecular weight excluding hydrogens is 268 g/mol. The van der Waals surface area contributed by atoms with Crippen molar-refractivity contribution in [3.8, 4) is 16.3 Å². The predicted octanol–water partition coefficient (Wildman–Crippen LogP) is 3.90. The molecule has 0 atom stereocenters. The van der Waals surface area contributed by atoms with Gasteiger partial charge in [0.1, 0.15) is 10.8 Å². The van der Waals surface area contributed by atoms with E-state index < -0.39 is 0 Å². The first kappa shape index (κ1) is 11.3. The van der Waals surface area contributed by atoms with E-state index in [-0.39, 0.29) is 5.75 Å². The summed E-state index contributed by atoms with van der Waals surface area (Å²) in [4.78, 5) is 4.47. The van der Waals surface area contributed by atoms with Gasteiger partial charge in [0.2, 0.25) is 0 Å². The number of hydrogen-bond donors (Lipinski definition) is 2. The first-order chi connectivity index (χ1) is 8.65. The highest BCUT2D eigenvalue weighted by Gasteiger charge is 2.12. The quantitative estimate of drug-likeness (QED) is 0.523. The summed E-state index contributed by atoms with van der Waals surface area (Å²) < 4.78 is 0.985. The molecule has 3 nitrogen and oxygen atoms in total. The fourth-order valence-electron chi connectivity index (χ4n) is 1.75. The number of phenolic OH excluding ortho intramolecular Hbond substituents is 1. The third-order valence-electron chi connectivity index (χ3n) is 2.65. The van der Waals surface area contributed by atoms with Crippen LogP contribution in [0.5, 0.6) is 5.75 Å². The van der Waals surface area contributed by atoms with Crippen LogP contribution in [0.3, 0.4) is 0 Å². The normalized spacial score (nSPS) is 10.9. The number of aromatic hydroxyl groups is 1. The minimum atomic E-state index is 0.0719. The van der Waals surface area contributed by atoms with Gasteiger partial charge in [-0.1, -0.05) is 17.7 Å². The molecule has 3 N–H and O–H groups in total. The molecule has 0 saturated heterocycles. The van der Waals surface area contributed by atoms with E-state index in [1.807, 2.05) is 12.1 Å². The summed E-state index contributed by atoms with van der Waals surface area (Å²) in [5.41, 5.74) is 7.54. The molecular formula is C13H9ClN2OS. The van der Waals surface area contributed by atoms with E-state index in [0.717, 1.165) is 15.2 Å². The zero-order chi connectivity index (χ0) is 12.7. The van der Waals surface area contributed by atoms with E-state index in [9.17, 15) is 5.11 Å². The molecule has 2 aromatic carbocycles. The van der Waals surface area contributed by atoms with Crippen LogP contribution in [0.2, 0.25) is 5.02 Å². The molecule has 0 aliphatic heterocycles. The Bertz CT molecular complexity index is 739. The van der Waals surface area contributed by atoms with Gasteiger partial charge in [0, 0.05) is 5.02 Å². The Balaban J connectivity index is 2.22. The third kappa shape index (κ3) is 1.79. The van der Waals surface area contributed by atoms with Gasteiger partial charge in [0.25, 0.3) is 0 Å². The van der Waals surface area contributed by atoms with E-state index in [1.54, 1.807) is 24.3 Å². The fraction of sp³-hybridized carbons (Fsp3) is 0. The van der Waals surface area contributed by atoms with Crippen molar-refractivity contribution >= 4 is 38.8 Å². The van der Waals surface area contributed by atoms with E-state index in [1.165, 1.54) is 11.3 Å². The van der Waals surface area contributed by atoms with Gasteiger partial charge in [-0.05, 0) is 30.3 Å². The molecule has 0 unspecified atom stereocenters. The molecule has 0 amide bonds. The number of rotatable bonds is 1. The molecule has 1 heterocycles. The Labute approximate surface area is 112 Å². The number of para-hydroxylation sites is 1. The van der Waals surface area contributed by atoms with Crippen molar-refractivity contribution in [2.75, 3.05) is 5.73 Å². The molecule has 0 saturated carbocycles. The van der Waals surface area contributed by atoms with Crippen molar-refractivity contribution in [2.24, 2.45) is 0 Å². The smallest absolute Gasteiger partial charge is 0.148 e. The Kier molecular flexibility index (Phi) is 2.61. The highest BCUT2D eigenvalue weighted by molar-refractivity contribution is 7.21. The molecule has 18 heavy (non-hydrogen) atoms. The zero-order valence-electron chi connectivity index (χ0n) is 9.22. The van der Waals surface area contributed by atoms with Gasteiger partial charge in [-0.2, -0.15) is 0 Å². The molecule has 1 aromatic heterocycles. The van der Waals surface area contributed by atoms with Gasteiger partial charge >= 0.3 is 0 Å². The number of benzene rings is 2. The third-order valence-corrected chi connectivity index (χ3v) is 3.93. The van der Waals surface area contributed by atoms with Crippen LogP contribution in [-0.4, -0.2) is 10.1 Å². The average molecular weight is 277 g/mol. The minimum Gasteiger partial charge on any atom is -0.505 e. The zero-order valence-corrected chi connectivity index (χ0v) is 10.8. The molecule has 0 fully saturated rings. The number of phenols is 1. The number of anilines is 1. The monoisotopic (exact) mass is 276 g/mol. The fourth-order valence-corrected chi connectivity index (χ4v) is 3.02. The maximum atomic E-state index is 9.95. The average Bonchev–Trinajstić information content (AvgIpc) is 2.75. The molecule has 3 aromatic rings. The summed E-state index contributed by atoms with van der Waals surface area (Å²) in [5.74, 6) is 0.0719. The molecule has 90 valence electrons. The molecule has 0 spiro atoms. The standard InChI is InChI=1S/C13H9ClN2OS/c14-7-4-5-10-11(6-7)18-13(16-10)8-2-1-3-9(15)12(8)17/h1-6,17H,15H2. The topological polar surface area (TPSA) is 59.1 Å². The second-order valence-corrected chi connectivity index (χ2v) is 5.34. The summed E-state index contributed by atoms with van der Waals surface area (Å²) in [5, 5.41) is 11.4. The molecule has 5 heteroatoms. The lowest BCUT2D eigenvalue weighted by Gasteiger charge is -2.02. The first-order valence-corrected chi connectivity index (χ1v) is 6.48. The lowest BCUT2D eigenvalue weighted by molar-refractivity contribution is 0.480. The maximum Gasteiger partial charge on any atom is 0.148 e. The minimum absolute atomic E-state index is 0.0719. The molecule has 0 aliphatic carbocycles. The Morgan fingerprint density at radius 2 is 2.06 bits per heavy atom. The number of nitrogens with two attached hydrogens (primary N) is 1. The van der Waals surface area contributed by atoms with Crippen LogP contribution in [0.1, 0.15) is 0 Å². The van der Waals surface area contributed by atoms with Gasteiger partial charge in [-0.15, -0.1) is 11.3 Å². The van der Waals surface area contributed by atoms with Gasteiger partial charge < -0.3 is 10.8 Å². The lowest BCUT2D eigenvalue weighted by atomic mass is 10.2. The van der Waals surface area contributed by atoms with Crippen molar-refractivity contribution in [1.82, 2.24) is 4.98 Å². The maximum absolute atomic E-state index is 9.95. The Morgan fingerprint density at radius 3 is 2.89 bits per heavy atom. The molecule has 3 rings (SSSR count). The summed E-state index contributed by atoms with van der Waals surface area (Å²) in [6, 6.07) is 10.8.